The van der Waals surface area contributed by atoms with Gasteiger partial charge in [-0.1, -0.05) is 90.9 Å². The van der Waals surface area contributed by atoms with Crippen molar-refractivity contribution < 1.29 is 24.2 Å². The first kappa shape index (κ1) is 30.9. The third-order valence-corrected chi connectivity index (χ3v) is 10.4. The Bertz CT molecular complexity index is 1760. The van der Waals surface area contributed by atoms with Crippen LogP contribution in [0.15, 0.2) is 91.0 Å². The number of aliphatic carboxylic acids is 1. The molecule has 1 aromatic heterocycles. The first-order valence-electron chi connectivity index (χ1n) is 16.4. The van der Waals surface area contributed by atoms with Gasteiger partial charge in [-0.15, -0.1) is 0 Å². The van der Waals surface area contributed by atoms with Crippen LogP contribution in [0.1, 0.15) is 44.9 Å². The van der Waals surface area contributed by atoms with Crippen LogP contribution in [0.2, 0.25) is 0 Å². The number of nitrogens with zero attached hydrogens (tertiary/aromatic N) is 2. The number of anilines is 1. The lowest BCUT2D eigenvalue weighted by Crippen LogP contribution is -2.55. The lowest BCUT2D eigenvalue weighted by molar-refractivity contribution is -0.145. The molecule has 0 radical (unpaired) electrons. The van der Waals surface area contributed by atoms with E-state index in [4.69, 9.17) is 4.74 Å². The number of fused-ring (bicyclic) bond motifs is 3. The smallest absolute Gasteiger partial charge is 0.330 e. The monoisotopic (exact) mass is 650 g/mol. The van der Waals surface area contributed by atoms with Crippen molar-refractivity contribution in [3.63, 3.8) is 0 Å². The van der Waals surface area contributed by atoms with E-state index in [0.29, 0.717) is 18.0 Å². The molecule has 3 N–H and O–H groups in total. The standard InChI is InChI=1S/C37H38N4O5S/c42-33-31-21-28(46-36-39-29-14-9-10-16-32(29)47-36)23-41(31)34(43)30(38-27-19-17-25(18-20-27)24-11-5-4-6-12-24)15-8-3-1-2-7-13-26-22-37(26,40-33)35(44)45/h4-7,9-14,16-20,26,28,30-31,38H,1-3,8,15,21-23H2,(H,40,42)(H,44,45)/b13-7-/t26-,28+,30-,31-,37+/m0/s1. The molecule has 242 valence electrons. The van der Waals surface area contributed by atoms with Crippen LogP contribution in [-0.4, -0.2) is 63.0 Å². The Labute approximate surface area is 277 Å². The molecule has 0 unspecified atom stereocenters. The van der Waals surface area contributed by atoms with Gasteiger partial charge in [0.15, 0.2) is 0 Å². The van der Waals surface area contributed by atoms with Crippen LogP contribution in [0, 0.1) is 5.92 Å². The van der Waals surface area contributed by atoms with Crippen LogP contribution < -0.4 is 15.4 Å². The summed E-state index contributed by atoms with van der Waals surface area (Å²) in [7, 11) is 0. The van der Waals surface area contributed by atoms with Gasteiger partial charge in [-0.3, -0.25) is 9.59 Å². The maximum atomic E-state index is 14.4. The molecule has 1 saturated carbocycles. The van der Waals surface area contributed by atoms with Gasteiger partial charge in [0.1, 0.15) is 23.7 Å². The molecule has 1 aliphatic carbocycles. The number of allylic oxidation sites excluding steroid dienone is 1. The van der Waals surface area contributed by atoms with Crippen LogP contribution in [0.3, 0.4) is 0 Å². The molecule has 47 heavy (non-hydrogen) atoms. The van der Waals surface area contributed by atoms with E-state index in [1.807, 2.05) is 78.9 Å². The number of thiazole rings is 1. The Balaban J connectivity index is 1.16. The van der Waals surface area contributed by atoms with E-state index in [9.17, 15) is 19.5 Å². The van der Waals surface area contributed by atoms with E-state index in [1.165, 1.54) is 11.3 Å². The minimum Gasteiger partial charge on any atom is -0.479 e. The van der Waals surface area contributed by atoms with Gasteiger partial charge in [0.2, 0.25) is 11.8 Å². The Hall–Kier alpha value is -4.70. The van der Waals surface area contributed by atoms with Gasteiger partial charge in [-0.25, -0.2) is 9.78 Å². The second-order valence-corrected chi connectivity index (χ2v) is 13.7. The highest BCUT2D eigenvalue weighted by atomic mass is 32.1. The molecule has 2 amide bonds. The van der Waals surface area contributed by atoms with Gasteiger partial charge in [-0.2, -0.15) is 0 Å². The summed E-state index contributed by atoms with van der Waals surface area (Å²) in [6.45, 7) is 0.196. The van der Waals surface area contributed by atoms with E-state index in [-0.39, 0.29) is 24.8 Å². The lowest BCUT2D eigenvalue weighted by atomic mass is 10.0. The van der Waals surface area contributed by atoms with Crippen LogP contribution in [-0.2, 0) is 14.4 Å². The molecular formula is C37H38N4O5S. The highest BCUT2D eigenvalue weighted by Gasteiger charge is 2.61. The molecule has 3 aromatic carbocycles. The number of carboxylic acids is 1. The quantitative estimate of drug-likeness (QED) is 0.210. The van der Waals surface area contributed by atoms with Crippen molar-refractivity contribution in [2.75, 3.05) is 11.9 Å². The summed E-state index contributed by atoms with van der Waals surface area (Å²) in [5, 5.41) is 16.9. The Kier molecular flexibility index (Phi) is 8.68. The fourth-order valence-electron chi connectivity index (χ4n) is 6.78. The summed E-state index contributed by atoms with van der Waals surface area (Å²) >= 11 is 1.42. The van der Waals surface area contributed by atoms with Gasteiger partial charge in [-0.05, 0) is 61.1 Å². The normalized spacial score (nSPS) is 27.1. The van der Waals surface area contributed by atoms with Crippen molar-refractivity contribution in [2.24, 2.45) is 5.92 Å². The van der Waals surface area contributed by atoms with Gasteiger partial charge in [0.25, 0.3) is 5.19 Å². The Morgan fingerprint density at radius 1 is 0.979 bits per heavy atom. The van der Waals surface area contributed by atoms with Crippen molar-refractivity contribution in [1.82, 2.24) is 15.2 Å². The molecule has 1 saturated heterocycles. The van der Waals surface area contributed by atoms with E-state index in [1.54, 1.807) is 4.90 Å². The topological polar surface area (TPSA) is 121 Å². The molecule has 7 rings (SSSR count). The zero-order valence-electron chi connectivity index (χ0n) is 26.0. The fraction of sp³-hybridized carbons (Fsp3) is 0.351. The van der Waals surface area contributed by atoms with E-state index in [2.05, 4.69) is 27.8 Å². The molecule has 2 fully saturated rings. The highest BCUT2D eigenvalue weighted by Crippen LogP contribution is 2.45. The van der Waals surface area contributed by atoms with E-state index in [0.717, 1.165) is 52.7 Å². The highest BCUT2D eigenvalue weighted by molar-refractivity contribution is 7.20. The van der Waals surface area contributed by atoms with Gasteiger partial charge < -0.3 is 25.4 Å². The number of carbonyl (C=O) groups excluding carboxylic acids is 2. The molecule has 0 bridgehead atoms. The SMILES string of the molecule is O=C1N[C@]2(C(=O)O)C[C@@H]2/C=C\CCCCC[C@H](Nc2ccc(-c3ccccc3)cc2)C(=O)N2C[C@H](Oc3nc4ccccc4s3)C[C@@H]12. The summed E-state index contributed by atoms with van der Waals surface area (Å²) in [4.78, 5) is 46.9. The Morgan fingerprint density at radius 3 is 2.53 bits per heavy atom. The first-order valence-corrected chi connectivity index (χ1v) is 17.2. The van der Waals surface area contributed by atoms with Gasteiger partial charge in [0, 0.05) is 18.0 Å². The van der Waals surface area contributed by atoms with E-state index >= 15 is 0 Å². The largest absolute Gasteiger partial charge is 0.479 e. The number of aromatic nitrogens is 1. The number of carbonyl (C=O) groups is 3. The number of hydrogen-bond acceptors (Lipinski definition) is 7. The average Bonchev–Trinajstić information content (AvgIpc) is 3.39. The number of para-hydroxylation sites is 1. The van der Waals surface area contributed by atoms with E-state index < -0.39 is 35.6 Å². The zero-order valence-corrected chi connectivity index (χ0v) is 26.8. The molecule has 4 aromatic rings. The summed E-state index contributed by atoms with van der Waals surface area (Å²) in [5.41, 5.74) is 2.48. The number of rotatable bonds is 6. The van der Waals surface area contributed by atoms with Crippen molar-refractivity contribution >= 4 is 45.0 Å². The third kappa shape index (κ3) is 6.60. The molecule has 3 aliphatic rings. The molecular weight excluding hydrogens is 612 g/mol. The first-order chi connectivity index (χ1) is 22.9. The average molecular weight is 651 g/mol. The molecule has 9 nitrogen and oxygen atoms in total. The summed E-state index contributed by atoms with van der Waals surface area (Å²) in [6.07, 6.45) is 8.17. The minimum atomic E-state index is -1.35. The van der Waals surface area contributed by atoms with Crippen LogP contribution in [0.4, 0.5) is 5.69 Å². The number of ether oxygens (including phenoxy) is 1. The number of benzene rings is 3. The molecule has 3 heterocycles. The fourth-order valence-corrected chi connectivity index (χ4v) is 7.66. The molecule has 2 aliphatic heterocycles. The predicted octanol–water partition coefficient (Wildman–Crippen LogP) is 6.27. The van der Waals surface area contributed by atoms with Crippen LogP contribution in [0.25, 0.3) is 21.3 Å². The molecule has 5 atom stereocenters. The number of hydrogen-bond donors (Lipinski definition) is 3. The van der Waals surface area contributed by atoms with Crippen LogP contribution in [0.5, 0.6) is 5.19 Å². The maximum absolute atomic E-state index is 14.4. The molecule has 10 heteroatoms. The second kappa shape index (κ2) is 13.2. The van der Waals surface area contributed by atoms with Gasteiger partial charge in [0.05, 0.1) is 16.8 Å². The summed E-state index contributed by atoms with van der Waals surface area (Å²) in [6, 6.07) is 24.5. The van der Waals surface area contributed by atoms with Gasteiger partial charge >= 0.3 is 5.97 Å². The van der Waals surface area contributed by atoms with Crippen molar-refractivity contribution in [1.29, 1.82) is 0 Å². The van der Waals surface area contributed by atoms with Crippen molar-refractivity contribution in [3.8, 4) is 16.3 Å². The zero-order chi connectivity index (χ0) is 32.4. The maximum Gasteiger partial charge on any atom is 0.330 e. The summed E-state index contributed by atoms with van der Waals surface area (Å²) < 4.78 is 7.29. The number of amides is 2. The van der Waals surface area contributed by atoms with Crippen molar-refractivity contribution in [3.05, 3.63) is 91.0 Å². The number of nitrogens with one attached hydrogen (secondary N) is 2. The van der Waals surface area contributed by atoms with Crippen LogP contribution >= 0.6 is 11.3 Å². The molecule has 0 spiro atoms. The predicted molar refractivity (Wildman–Crippen MR) is 182 cm³/mol. The lowest BCUT2D eigenvalue weighted by Gasteiger charge is -2.30. The third-order valence-electron chi connectivity index (χ3n) is 9.50. The minimum absolute atomic E-state index is 0.196. The Morgan fingerprint density at radius 2 is 1.74 bits per heavy atom. The van der Waals surface area contributed by atoms with Crippen molar-refractivity contribution in [2.45, 2.75) is 68.7 Å². The number of carboxylic acid groups (broad SMARTS) is 1. The second-order valence-electron chi connectivity index (χ2n) is 12.7. The summed E-state index contributed by atoms with van der Waals surface area (Å²) in [5.74, 6) is -1.99.